The smallest absolute Gasteiger partial charge is 0.416 e. The summed E-state index contributed by atoms with van der Waals surface area (Å²) in [6, 6.07) is -0.332. The van der Waals surface area contributed by atoms with E-state index in [1.807, 2.05) is 0 Å². The van der Waals surface area contributed by atoms with Crippen LogP contribution in [-0.4, -0.2) is 38.3 Å². The van der Waals surface area contributed by atoms with Gasteiger partial charge in [0.05, 0.1) is 7.11 Å². The third kappa shape index (κ3) is 2.89. The largest absolute Gasteiger partial charge is 0.465 e. The number of nitrogens with zero attached hydrogens (tertiary/aromatic N) is 1. The molecule has 9 heteroatoms. The Balaban J connectivity index is 2.52. The highest BCUT2D eigenvalue weighted by Crippen LogP contribution is 2.50. The van der Waals surface area contributed by atoms with Gasteiger partial charge in [-0.15, -0.1) is 11.3 Å². The molecule has 1 aliphatic heterocycles. The van der Waals surface area contributed by atoms with Gasteiger partial charge < -0.3 is 20.1 Å². The summed E-state index contributed by atoms with van der Waals surface area (Å²) in [7, 11) is 1.23. The molecule has 0 aliphatic carbocycles. The summed E-state index contributed by atoms with van der Waals surface area (Å²) in [4.78, 5) is 13.3. The molecular weight excluding hydrogens is 358 g/mol. The van der Waals surface area contributed by atoms with Gasteiger partial charge in [0.2, 0.25) is 0 Å². The van der Waals surface area contributed by atoms with Crippen LogP contribution in [0.5, 0.6) is 5.75 Å². The number of halogens is 3. The van der Waals surface area contributed by atoms with E-state index >= 15 is 0 Å². The topological polar surface area (TPSA) is 64.8 Å². The highest BCUT2D eigenvalue weighted by Gasteiger charge is 2.44. The van der Waals surface area contributed by atoms with Crippen molar-refractivity contribution in [3.8, 4) is 5.75 Å². The van der Waals surface area contributed by atoms with Crippen LogP contribution in [0.2, 0.25) is 0 Å². The second-order valence-corrected chi connectivity index (χ2v) is 6.81. The molecule has 2 rings (SSSR count). The normalized spacial score (nSPS) is 18.2. The van der Waals surface area contributed by atoms with Gasteiger partial charge in [0.25, 0.3) is 0 Å². The molecule has 1 aromatic heterocycles. The van der Waals surface area contributed by atoms with Crippen LogP contribution in [-0.2, 0) is 4.74 Å². The van der Waals surface area contributed by atoms with Crippen LogP contribution >= 0.6 is 27.3 Å². The van der Waals surface area contributed by atoms with E-state index in [9.17, 15) is 13.6 Å². The minimum atomic E-state index is -3.33. The second kappa shape index (κ2) is 5.45. The molecule has 2 heterocycles. The van der Waals surface area contributed by atoms with Gasteiger partial charge in [0.15, 0.2) is 5.75 Å². The molecule has 5 nitrogen and oxygen atoms in total. The van der Waals surface area contributed by atoms with Crippen LogP contribution in [0, 0.1) is 0 Å². The summed E-state index contributed by atoms with van der Waals surface area (Å²) in [6.45, 7) is 1.22. The lowest BCUT2D eigenvalue weighted by molar-refractivity contribution is -0.172. The van der Waals surface area contributed by atoms with Crippen molar-refractivity contribution in [2.75, 3.05) is 25.1 Å². The Kier molecular flexibility index (Phi) is 4.22. The zero-order valence-corrected chi connectivity index (χ0v) is 13.2. The molecule has 1 aromatic rings. The number of carbonyl (C=O) groups is 1. The second-order valence-electron chi connectivity index (χ2n) is 4.47. The zero-order valence-electron chi connectivity index (χ0n) is 10.8. The van der Waals surface area contributed by atoms with Crippen molar-refractivity contribution in [2.45, 2.75) is 19.1 Å². The molecular formula is C11H13BrF2N2O3S. The Labute approximate surface area is 126 Å². The molecule has 0 spiro atoms. The molecule has 20 heavy (non-hydrogen) atoms. The standard InChI is InChI=1S/C11H13BrF2N2O3S/c1-5(15)3-16-4-11(13,14)19-7-6(16)8(10(17)18-2)20-9(7)12/h5H,3-4,15H2,1-2H3/t5-/m1/s1. The number of anilines is 1. The highest BCUT2D eigenvalue weighted by atomic mass is 79.9. The molecule has 112 valence electrons. The molecule has 2 N–H and O–H groups in total. The van der Waals surface area contributed by atoms with Crippen LogP contribution in [0.1, 0.15) is 16.6 Å². The summed E-state index contributed by atoms with van der Waals surface area (Å²) in [5.74, 6) is -0.646. The molecule has 0 saturated heterocycles. The summed E-state index contributed by atoms with van der Waals surface area (Å²) in [6.07, 6.45) is -3.33. The number of fused-ring (bicyclic) bond motifs is 1. The predicted molar refractivity (Wildman–Crippen MR) is 74.8 cm³/mol. The van der Waals surface area contributed by atoms with E-state index < -0.39 is 18.6 Å². The quantitative estimate of drug-likeness (QED) is 0.827. The number of rotatable bonds is 3. The molecule has 0 amide bonds. The van der Waals surface area contributed by atoms with Gasteiger partial charge in [0.1, 0.15) is 20.9 Å². The van der Waals surface area contributed by atoms with E-state index in [-0.39, 0.29) is 23.2 Å². The van der Waals surface area contributed by atoms with E-state index in [0.717, 1.165) is 11.3 Å². The fraction of sp³-hybridized carbons (Fsp3) is 0.545. The Morgan fingerprint density at radius 1 is 1.70 bits per heavy atom. The number of nitrogens with two attached hydrogens (primary N) is 1. The molecule has 1 atom stereocenters. The van der Waals surface area contributed by atoms with Gasteiger partial charge in [0, 0.05) is 12.6 Å². The van der Waals surface area contributed by atoms with Crippen LogP contribution in [0.15, 0.2) is 3.79 Å². The Morgan fingerprint density at radius 2 is 2.35 bits per heavy atom. The van der Waals surface area contributed by atoms with E-state index in [2.05, 4.69) is 25.4 Å². The van der Waals surface area contributed by atoms with Gasteiger partial charge in [-0.2, -0.15) is 8.78 Å². The monoisotopic (exact) mass is 370 g/mol. The first kappa shape index (κ1) is 15.5. The van der Waals surface area contributed by atoms with Crippen LogP contribution in [0.4, 0.5) is 14.5 Å². The third-order valence-corrected chi connectivity index (χ3v) is 4.40. The van der Waals surface area contributed by atoms with E-state index in [0.29, 0.717) is 9.47 Å². The van der Waals surface area contributed by atoms with Crippen molar-refractivity contribution in [3.05, 3.63) is 8.66 Å². The Morgan fingerprint density at radius 3 is 2.90 bits per heavy atom. The minimum Gasteiger partial charge on any atom is -0.465 e. The van der Waals surface area contributed by atoms with Crippen molar-refractivity contribution in [1.29, 1.82) is 0 Å². The fourth-order valence-electron chi connectivity index (χ4n) is 1.97. The molecule has 0 fully saturated rings. The number of alkyl halides is 2. The summed E-state index contributed by atoms with van der Waals surface area (Å²) >= 11 is 4.14. The molecule has 0 aromatic carbocycles. The fourth-order valence-corrected chi connectivity index (χ4v) is 3.62. The number of esters is 1. The minimum absolute atomic E-state index is 0.0488. The van der Waals surface area contributed by atoms with Crippen molar-refractivity contribution in [1.82, 2.24) is 0 Å². The SMILES string of the molecule is COC(=O)c1sc(Br)c2c1N(C[C@@H](C)N)CC(F)(F)O2. The maximum atomic E-state index is 13.6. The number of ether oxygens (including phenoxy) is 2. The Hall–Kier alpha value is -0.930. The maximum Gasteiger partial charge on any atom is 0.416 e. The highest BCUT2D eigenvalue weighted by molar-refractivity contribution is 9.11. The van der Waals surface area contributed by atoms with Crippen LogP contribution in [0.25, 0.3) is 0 Å². The first-order chi connectivity index (χ1) is 9.25. The zero-order chi connectivity index (χ0) is 15.1. The van der Waals surface area contributed by atoms with Crippen LogP contribution < -0.4 is 15.4 Å². The number of thiophene rings is 1. The molecule has 0 unspecified atom stereocenters. The number of methoxy groups -OCH3 is 1. The van der Waals surface area contributed by atoms with Gasteiger partial charge >= 0.3 is 12.1 Å². The van der Waals surface area contributed by atoms with Gasteiger partial charge in [-0.3, -0.25) is 0 Å². The molecule has 0 radical (unpaired) electrons. The number of carbonyl (C=O) groups excluding carboxylic acids is 1. The van der Waals surface area contributed by atoms with Crippen LogP contribution in [0.3, 0.4) is 0 Å². The van der Waals surface area contributed by atoms with Gasteiger partial charge in [-0.25, -0.2) is 4.79 Å². The Bertz CT molecular complexity index is 536. The average molecular weight is 371 g/mol. The lowest BCUT2D eigenvalue weighted by Gasteiger charge is -2.35. The molecule has 0 bridgehead atoms. The number of hydrogen-bond acceptors (Lipinski definition) is 6. The first-order valence-electron chi connectivity index (χ1n) is 5.73. The van der Waals surface area contributed by atoms with E-state index in [4.69, 9.17) is 5.73 Å². The van der Waals surface area contributed by atoms with Crippen molar-refractivity contribution in [3.63, 3.8) is 0 Å². The molecule has 0 saturated carbocycles. The summed E-state index contributed by atoms with van der Waals surface area (Å²) in [5.41, 5.74) is 5.99. The lowest BCUT2D eigenvalue weighted by Crippen LogP contribution is -2.48. The summed E-state index contributed by atoms with van der Waals surface area (Å²) in [5, 5.41) is 0. The summed E-state index contributed by atoms with van der Waals surface area (Å²) < 4.78 is 36.9. The van der Waals surface area contributed by atoms with Crippen molar-refractivity contribution < 1.29 is 23.0 Å². The maximum absolute atomic E-state index is 13.6. The van der Waals surface area contributed by atoms with Crippen molar-refractivity contribution in [2.24, 2.45) is 5.73 Å². The van der Waals surface area contributed by atoms with E-state index in [1.165, 1.54) is 12.0 Å². The van der Waals surface area contributed by atoms with Crippen molar-refractivity contribution >= 4 is 38.9 Å². The van der Waals surface area contributed by atoms with Gasteiger partial charge in [-0.05, 0) is 22.9 Å². The average Bonchev–Trinajstić information content (AvgIpc) is 2.64. The predicted octanol–water partition coefficient (Wildman–Crippen LogP) is 2.44. The first-order valence-corrected chi connectivity index (χ1v) is 7.34. The molecule has 1 aliphatic rings. The van der Waals surface area contributed by atoms with Gasteiger partial charge in [-0.1, -0.05) is 0 Å². The van der Waals surface area contributed by atoms with E-state index in [1.54, 1.807) is 6.92 Å². The third-order valence-electron chi connectivity index (χ3n) is 2.62. The lowest BCUT2D eigenvalue weighted by atomic mass is 10.2. The number of hydrogen-bond donors (Lipinski definition) is 1.